The first-order valence-corrected chi connectivity index (χ1v) is 7.64. The van der Waals surface area contributed by atoms with E-state index in [0.717, 1.165) is 0 Å². The third kappa shape index (κ3) is 2.61. The second-order valence-corrected chi connectivity index (χ2v) is 6.57. The summed E-state index contributed by atoms with van der Waals surface area (Å²) in [5.41, 5.74) is 0.973. The highest BCUT2D eigenvalue weighted by Crippen LogP contribution is 2.23. The van der Waals surface area contributed by atoms with Crippen molar-refractivity contribution in [1.29, 1.82) is 0 Å². The molecule has 1 aromatic heterocycles. The summed E-state index contributed by atoms with van der Waals surface area (Å²) >= 11 is 0. The summed E-state index contributed by atoms with van der Waals surface area (Å²) in [7, 11) is -2.03. The van der Waals surface area contributed by atoms with Crippen LogP contribution in [0, 0.1) is 19.8 Å². The van der Waals surface area contributed by atoms with Crippen LogP contribution < -0.4 is 4.72 Å². The summed E-state index contributed by atoms with van der Waals surface area (Å²) in [5.74, 6) is -1.59. The molecule has 1 aliphatic rings. The molecule has 0 aromatic carbocycles. The Morgan fingerprint density at radius 2 is 2.10 bits per heavy atom. The van der Waals surface area contributed by atoms with Crippen LogP contribution in [-0.2, 0) is 21.9 Å². The molecule has 2 N–H and O–H groups in total. The maximum atomic E-state index is 12.4. The molecule has 0 radical (unpaired) electrons. The Bertz CT molecular complexity index is 675. The van der Waals surface area contributed by atoms with E-state index in [1.807, 2.05) is 0 Å². The highest BCUT2D eigenvalue weighted by molar-refractivity contribution is 7.89. The van der Waals surface area contributed by atoms with Crippen molar-refractivity contribution in [3.63, 3.8) is 0 Å². The van der Waals surface area contributed by atoms with E-state index in [1.165, 1.54) is 10.8 Å². The number of aryl methyl sites for hydroxylation is 2. The summed E-state index contributed by atoms with van der Waals surface area (Å²) in [6.45, 7) is 3.31. The lowest BCUT2D eigenvalue weighted by Gasteiger charge is -2.13. The van der Waals surface area contributed by atoms with Crippen molar-refractivity contribution in [2.24, 2.45) is 13.0 Å². The smallest absolute Gasteiger partial charge is 0.310 e. The molecule has 0 amide bonds. The van der Waals surface area contributed by atoms with Crippen LogP contribution in [0.5, 0.6) is 0 Å². The molecule has 2 rings (SSSR count). The van der Waals surface area contributed by atoms with E-state index in [9.17, 15) is 13.2 Å². The molecule has 0 bridgehead atoms. The molecule has 0 spiro atoms. The number of carboxylic acid groups (broad SMARTS) is 1. The van der Waals surface area contributed by atoms with Crippen LogP contribution in [0.4, 0.5) is 0 Å². The van der Waals surface area contributed by atoms with Gasteiger partial charge in [-0.2, -0.15) is 5.10 Å². The van der Waals surface area contributed by atoms with Gasteiger partial charge in [-0.05, 0) is 20.3 Å². The second kappa shape index (κ2) is 5.02. The third-order valence-corrected chi connectivity index (χ3v) is 5.16. The van der Waals surface area contributed by atoms with Crippen molar-refractivity contribution < 1.29 is 18.3 Å². The van der Waals surface area contributed by atoms with E-state index in [1.54, 1.807) is 27.0 Å². The zero-order valence-corrected chi connectivity index (χ0v) is 12.3. The molecule has 110 valence electrons. The standard InChI is InChI=1S/C12H17N3O4S/c1-7-11(8(2)15(3)13-7)20(18,19)14-10-5-4-9(6-10)12(16)17/h4-5,9-10,14H,6H2,1-3H3,(H,16,17). The van der Waals surface area contributed by atoms with Gasteiger partial charge in [-0.1, -0.05) is 12.2 Å². The lowest BCUT2D eigenvalue weighted by Crippen LogP contribution is -2.34. The first kappa shape index (κ1) is 14.7. The zero-order valence-electron chi connectivity index (χ0n) is 11.5. The Labute approximate surface area is 117 Å². The third-order valence-electron chi connectivity index (χ3n) is 3.42. The molecule has 1 aromatic rings. The van der Waals surface area contributed by atoms with Crippen molar-refractivity contribution in [2.75, 3.05) is 0 Å². The zero-order chi connectivity index (χ0) is 15.1. The highest BCUT2D eigenvalue weighted by atomic mass is 32.2. The van der Waals surface area contributed by atoms with Gasteiger partial charge in [0.1, 0.15) is 4.90 Å². The van der Waals surface area contributed by atoms with Gasteiger partial charge in [0.05, 0.1) is 17.3 Å². The van der Waals surface area contributed by atoms with Crippen LogP contribution >= 0.6 is 0 Å². The Morgan fingerprint density at radius 3 is 2.55 bits per heavy atom. The van der Waals surface area contributed by atoms with E-state index in [2.05, 4.69) is 9.82 Å². The summed E-state index contributed by atoms with van der Waals surface area (Å²) < 4.78 is 28.8. The minimum atomic E-state index is -3.71. The van der Waals surface area contributed by atoms with Crippen molar-refractivity contribution >= 4 is 16.0 Å². The van der Waals surface area contributed by atoms with Crippen molar-refractivity contribution in [3.05, 3.63) is 23.5 Å². The number of hydrogen-bond donors (Lipinski definition) is 2. The molecule has 7 nitrogen and oxygen atoms in total. The minimum absolute atomic E-state index is 0.159. The quantitative estimate of drug-likeness (QED) is 0.781. The van der Waals surface area contributed by atoms with Gasteiger partial charge in [0, 0.05) is 13.1 Å². The molecule has 2 atom stereocenters. The van der Waals surface area contributed by atoms with Crippen LogP contribution in [0.2, 0.25) is 0 Å². The predicted molar refractivity (Wildman–Crippen MR) is 71.7 cm³/mol. The van der Waals surface area contributed by atoms with E-state index in [4.69, 9.17) is 5.11 Å². The SMILES string of the molecule is Cc1nn(C)c(C)c1S(=O)(=O)NC1C=CC(C(=O)O)C1. The van der Waals surface area contributed by atoms with Gasteiger partial charge in [-0.3, -0.25) is 9.48 Å². The molecule has 0 fully saturated rings. The second-order valence-electron chi connectivity index (χ2n) is 4.92. The number of sulfonamides is 1. The fourth-order valence-electron chi connectivity index (χ4n) is 2.37. The maximum absolute atomic E-state index is 12.4. The number of carbonyl (C=O) groups is 1. The van der Waals surface area contributed by atoms with Crippen LogP contribution in [0.25, 0.3) is 0 Å². The molecule has 0 aliphatic heterocycles. The average Bonchev–Trinajstić information content (AvgIpc) is 2.84. The van der Waals surface area contributed by atoms with Gasteiger partial charge in [-0.15, -0.1) is 0 Å². The fraction of sp³-hybridized carbons (Fsp3) is 0.500. The first-order valence-electron chi connectivity index (χ1n) is 6.16. The Hall–Kier alpha value is -1.67. The summed E-state index contributed by atoms with van der Waals surface area (Å²) in [6, 6.07) is -0.500. The highest BCUT2D eigenvalue weighted by Gasteiger charge is 2.30. The van der Waals surface area contributed by atoms with Gasteiger partial charge < -0.3 is 5.11 Å². The lowest BCUT2D eigenvalue weighted by atomic mass is 10.1. The van der Waals surface area contributed by atoms with Gasteiger partial charge in [0.15, 0.2) is 0 Å². The van der Waals surface area contributed by atoms with Crippen LogP contribution in [0.3, 0.4) is 0 Å². The largest absolute Gasteiger partial charge is 0.481 e. The van der Waals surface area contributed by atoms with Crippen molar-refractivity contribution in [2.45, 2.75) is 31.2 Å². The van der Waals surface area contributed by atoms with Crippen molar-refractivity contribution in [3.8, 4) is 0 Å². The van der Waals surface area contributed by atoms with Gasteiger partial charge >= 0.3 is 5.97 Å². The Morgan fingerprint density at radius 1 is 1.45 bits per heavy atom. The minimum Gasteiger partial charge on any atom is -0.481 e. The Kier molecular flexibility index (Phi) is 3.70. The molecular weight excluding hydrogens is 282 g/mol. The summed E-state index contributed by atoms with van der Waals surface area (Å²) in [5, 5.41) is 13.0. The summed E-state index contributed by atoms with van der Waals surface area (Å²) in [6.07, 6.45) is 3.32. The number of aliphatic carboxylic acids is 1. The van der Waals surface area contributed by atoms with Crippen molar-refractivity contribution in [1.82, 2.24) is 14.5 Å². The molecule has 20 heavy (non-hydrogen) atoms. The number of hydrogen-bond acceptors (Lipinski definition) is 4. The lowest BCUT2D eigenvalue weighted by molar-refractivity contribution is -0.140. The molecule has 0 saturated carbocycles. The number of carboxylic acids is 1. The van der Waals surface area contributed by atoms with E-state index < -0.39 is 28.0 Å². The topological polar surface area (TPSA) is 101 Å². The molecule has 8 heteroatoms. The molecular formula is C12H17N3O4S. The predicted octanol–water partition coefficient (Wildman–Crippen LogP) is 0.345. The van der Waals surface area contributed by atoms with Crippen LogP contribution in [0.1, 0.15) is 17.8 Å². The fourth-order valence-corrected chi connectivity index (χ4v) is 4.01. The van der Waals surface area contributed by atoms with E-state index in [-0.39, 0.29) is 11.3 Å². The number of aromatic nitrogens is 2. The monoisotopic (exact) mass is 299 g/mol. The maximum Gasteiger partial charge on any atom is 0.310 e. The Balaban J connectivity index is 2.21. The first-order chi connectivity index (χ1) is 9.22. The number of rotatable bonds is 4. The van der Waals surface area contributed by atoms with Gasteiger partial charge in [-0.25, -0.2) is 13.1 Å². The average molecular weight is 299 g/mol. The molecule has 2 unspecified atom stereocenters. The molecule has 1 aliphatic carbocycles. The van der Waals surface area contributed by atoms with E-state index >= 15 is 0 Å². The normalized spacial score (nSPS) is 22.4. The number of nitrogens with one attached hydrogen (secondary N) is 1. The number of nitrogens with zero attached hydrogens (tertiary/aromatic N) is 2. The molecule has 1 heterocycles. The van der Waals surface area contributed by atoms with Gasteiger partial charge in [0.25, 0.3) is 0 Å². The van der Waals surface area contributed by atoms with Crippen LogP contribution in [0.15, 0.2) is 17.0 Å². The van der Waals surface area contributed by atoms with E-state index in [0.29, 0.717) is 11.4 Å². The van der Waals surface area contributed by atoms with Crippen LogP contribution in [-0.4, -0.2) is 35.3 Å². The summed E-state index contributed by atoms with van der Waals surface area (Å²) in [4.78, 5) is 11.0. The molecule has 0 saturated heterocycles. The van der Waals surface area contributed by atoms with Gasteiger partial charge in [0.2, 0.25) is 10.0 Å².